The summed E-state index contributed by atoms with van der Waals surface area (Å²) < 4.78 is 3.99. The number of aliphatic hydroxyl groups is 1. The first-order valence-electron chi connectivity index (χ1n) is 8.61. The highest BCUT2D eigenvalue weighted by atomic mass is 79.9. The standard InChI is InChI=1S/C21H18BrN3O2/c1-14-5-7-15(8-6-14)18-12-19-21(27)24(9-10-25(19)23-18)13-20(26)16-3-2-4-17(22)11-16/h2-12,20,26H,13H2,1H3. The number of fused-ring (bicyclic) bond motifs is 1. The van der Waals surface area contributed by atoms with Crippen molar-refractivity contribution in [3.63, 3.8) is 0 Å². The summed E-state index contributed by atoms with van der Waals surface area (Å²) in [5.41, 5.74) is 3.94. The van der Waals surface area contributed by atoms with Gasteiger partial charge in [-0.15, -0.1) is 0 Å². The molecule has 4 rings (SSSR count). The highest BCUT2D eigenvalue weighted by molar-refractivity contribution is 9.10. The lowest BCUT2D eigenvalue weighted by Crippen LogP contribution is -2.24. The van der Waals surface area contributed by atoms with Crippen LogP contribution in [0.5, 0.6) is 0 Å². The SMILES string of the molecule is Cc1ccc(-c2cc3c(=O)n(CC(O)c4cccc(Br)c4)ccn3n2)cc1. The summed E-state index contributed by atoms with van der Waals surface area (Å²) >= 11 is 3.40. The predicted octanol–water partition coefficient (Wildman–Crippen LogP) is 3.97. The summed E-state index contributed by atoms with van der Waals surface area (Å²) in [6.45, 7) is 2.21. The van der Waals surface area contributed by atoms with Crippen LogP contribution >= 0.6 is 15.9 Å². The lowest BCUT2D eigenvalue weighted by atomic mass is 10.1. The number of hydrogen-bond acceptors (Lipinski definition) is 3. The molecule has 6 heteroatoms. The van der Waals surface area contributed by atoms with Crippen LogP contribution in [-0.2, 0) is 6.54 Å². The molecule has 2 aromatic carbocycles. The molecule has 1 atom stereocenters. The molecule has 2 heterocycles. The van der Waals surface area contributed by atoms with Gasteiger partial charge in [0.25, 0.3) is 5.56 Å². The van der Waals surface area contributed by atoms with Crippen LogP contribution in [0.4, 0.5) is 0 Å². The van der Waals surface area contributed by atoms with Crippen molar-refractivity contribution in [2.45, 2.75) is 19.6 Å². The number of rotatable bonds is 4. The Balaban J connectivity index is 1.68. The lowest BCUT2D eigenvalue weighted by Gasteiger charge is -2.13. The second-order valence-electron chi connectivity index (χ2n) is 6.55. The Morgan fingerprint density at radius 2 is 1.89 bits per heavy atom. The third-order valence-corrected chi connectivity index (χ3v) is 5.05. The Bertz CT molecular complexity index is 1160. The molecule has 4 aromatic rings. The van der Waals surface area contributed by atoms with Crippen molar-refractivity contribution in [1.29, 1.82) is 0 Å². The number of aryl methyl sites for hydroxylation is 1. The average molecular weight is 424 g/mol. The number of hydrogen-bond donors (Lipinski definition) is 1. The maximum atomic E-state index is 12.8. The van der Waals surface area contributed by atoms with Crippen molar-refractivity contribution in [3.05, 3.63) is 92.9 Å². The van der Waals surface area contributed by atoms with Crippen molar-refractivity contribution in [3.8, 4) is 11.3 Å². The van der Waals surface area contributed by atoms with Crippen molar-refractivity contribution in [2.24, 2.45) is 0 Å². The molecule has 0 bridgehead atoms. The largest absolute Gasteiger partial charge is 0.387 e. The zero-order valence-electron chi connectivity index (χ0n) is 14.7. The molecule has 0 amide bonds. The number of aliphatic hydroxyl groups excluding tert-OH is 1. The van der Waals surface area contributed by atoms with Gasteiger partial charge in [-0.2, -0.15) is 5.10 Å². The van der Waals surface area contributed by atoms with Crippen molar-refractivity contribution in [2.75, 3.05) is 0 Å². The molecule has 0 radical (unpaired) electrons. The minimum atomic E-state index is -0.776. The number of benzene rings is 2. The zero-order valence-corrected chi connectivity index (χ0v) is 16.3. The minimum Gasteiger partial charge on any atom is -0.387 e. The molecule has 27 heavy (non-hydrogen) atoms. The fraction of sp³-hybridized carbons (Fsp3) is 0.143. The molecule has 1 unspecified atom stereocenters. The molecule has 2 aromatic heterocycles. The predicted molar refractivity (Wildman–Crippen MR) is 109 cm³/mol. The van der Waals surface area contributed by atoms with E-state index in [1.807, 2.05) is 55.5 Å². The fourth-order valence-corrected chi connectivity index (χ4v) is 3.46. The van der Waals surface area contributed by atoms with Gasteiger partial charge in [-0.05, 0) is 30.7 Å². The summed E-state index contributed by atoms with van der Waals surface area (Å²) in [5.74, 6) is 0. The lowest BCUT2D eigenvalue weighted by molar-refractivity contribution is 0.155. The molecule has 0 spiro atoms. The zero-order chi connectivity index (χ0) is 19.0. The summed E-state index contributed by atoms with van der Waals surface area (Å²) in [7, 11) is 0. The Kier molecular flexibility index (Phi) is 4.68. The van der Waals surface area contributed by atoms with Crippen LogP contribution in [-0.4, -0.2) is 19.3 Å². The summed E-state index contributed by atoms with van der Waals surface area (Å²) in [4.78, 5) is 12.8. The average Bonchev–Trinajstić information content (AvgIpc) is 3.10. The summed E-state index contributed by atoms with van der Waals surface area (Å²) in [6.07, 6.45) is 2.62. The van der Waals surface area contributed by atoms with Gasteiger partial charge >= 0.3 is 0 Å². The molecule has 5 nitrogen and oxygen atoms in total. The van der Waals surface area contributed by atoms with Gasteiger partial charge in [0, 0.05) is 22.4 Å². The topological polar surface area (TPSA) is 59.5 Å². The first-order chi connectivity index (χ1) is 13.0. The Hall–Kier alpha value is -2.70. The summed E-state index contributed by atoms with van der Waals surface area (Å²) in [5, 5.41) is 15.0. The van der Waals surface area contributed by atoms with E-state index in [-0.39, 0.29) is 12.1 Å². The third-order valence-electron chi connectivity index (χ3n) is 4.55. The van der Waals surface area contributed by atoms with Crippen molar-refractivity contribution in [1.82, 2.24) is 14.2 Å². The second-order valence-corrected chi connectivity index (χ2v) is 7.47. The minimum absolute atomic E-state index is 0.177. The molecule has 0 saturated carbocycles. The van der Waals surface area contributed by atoms with Crippen molar-refractivity contribution < 1.29 is 5.11 Å². The van der Waals surface area contributed by atoms with Crippen LogP contribution in [0, 0.1) is 6.92 Å². The van der Waals surface area contributed by atoms with E-state index in [1.165, 1.54) is 10.1 Å². The second kappa shape index (κ2) is 7.13. The van der Waals surface area contributed by atoms with E-state index in [2.05, 4.69) is 21.0 Å². The smallest absolute Gasteiger partial charge is 0.276 e. The molecular weight excluding hydrogens is 406 g/mol. The number of aromatic nitrogens is 3. The van der Waals surface area contributed by atoms with Gasteiger partial charge in [-0.25, -0.2) is 4.52 Å². The van der Waals surface area contributed by atoms with Gasteiger partial charge in [0.1, 0.15) is 5.52 Å². The first kappa shape index (κ1) is 17.7. The van der Waals surface area contributed by atoms with Crippen molar-refractivity contribution >= 4 is 21.4 Å². The monoisotopic (exact) mass is 423 g/mol. The summed E-state index contributed by atoms with van der Waals surface area (Å²) in [6, 6.07) is 17.3. The van der Waals surface area contributed by atoms with Gasteiger partial charge in [0.05, 0.1) is 18.3 Å². The third kappa shape index (κ3) is 3.59. The maximum Gasteiger partial charge on any atom is 0.276 e. The molecule has 0 saturated heterocycles. The van der Waals surface area contributed by atoms with E-state index in [1.54, 1.807) is 23.0 Å². The van der Waals surface area contributed by atoms with E-state index >= 15 is 0 Å². The van der Waals surface area contributed by atoms with Crippen LogP contribution < -0.4 is 5.56 Å². The van der Waals surface area contributed by atoms with Gasteiger partial charge in [-0.1, -0.05) is 57.9 Å². The molecule has 0 aliphatic carbocycles. The van der Waals surface area contributed by atoms with Crippen LogP contribution in [0.1, 0.15) is 17.2 Å². The normalized spacial score (nSPS) is 12.4. The fourth-order valence-electron chi connectivity index (χ4n) is 3.04. The quantitative estimate of drug-likeness (QED) is 0.540. The van der Waals surface area contributed by atoms with Crippen LogP contribution in [0.15, 0.2) is 76.3 Å². The first-order valence-corrected chi connectivity index (χ1v) is 9.40. The van der Waals surface area contributed by atoms with E-state index in [9.17, 15) is 9.90 Å². The number of halogens is 1. The molecule has 0 fully saturated rings. The Labute approximate surface area is 164 Å². The molecule has 0 aliphatic heterocycles. The van der Waals surface area contributed by atoms with E-state index in [4.69, 9.17) is 0 Å². The maximum absolute atomic E-state index is 12.8. The van der Waals surface area contributed by atoms with E-state index < -0.39 is 6.10 Å². The highest BCUT2D eigenvalue weighted by Crippen LogP contribution is 2.21. The van der Waals surface area contributed by atoms with E-state index in [0.29, 0.717) is 5.52 Å². The Morgan fingerprint density at radius 3 is 2.63 bits per heavy atom. The molecule has 1 N–H and O–H groups in total. The number of nitrogens with zero attached hydrogens (tertiary/aromatic N) is 3. The highest BCUT2D eigenvalue weighted by Gasteiger charge is 2.13. The van der Waals surface area contributed by atoms with Gasteiger partial charge in [0.2, 0.25) is 0 Å². The van der Waals surface area contributed by atoms with Gasteiger partial charge in [-0.3, -0.25) is 4.79 Å². The van der Waals surface area contributed by atoms with E-state index in [0.717, 1.165) is 21.3 Å². The molecule has 136 valence electrons. The van der Waals surface area contributed by atoms with Gasteiger partial charge in [0.15, 0.2) is 0 Å². The van der Waals surface area contributed by atoms with Crippen LogP contribution in [0.25, 0.3) is 16.8 Å². The van der Waals surface area contributed by atoms with Crippen LogP contribution in [0.3, 0.4) is 0 Å². The molecule has 0 aliphatic rings. The van der Waals surface area contributed by atoms with Gasteiger partial charge < -0.3 is 9.67 Å². The van der Waals surface area contributed by atoms with Crippen LogP contribution in [0.2, 0.25) is 0 Å². The Morgan fingerprint density at radius 1 is 1.11 bits per heavy atom. The molecular formula is C21H18BrN3O2.